The predicted molar refractivity (Wildman–Crippen MR) is 124 cm³/mol. The van der Waals surface area contributed by atoms with Crippen LogP contribution in [0.2, 0.25) is 0 Å². The molecule has 1 aliphatic carbocycles. The molecule has 0 saturated heterocycles. The van der Waals surface area contributed by atoms with Crippen molar-refractivity contribution in [3.63, 3.8) is 0 Å². The summed E-state index contributed by atoms with van der Waals surface area (Å²) in [7, 11) is 0. The standard InChI is InChI=1S/C28H40/c1-3-5-6-8-24-15-19-27(20-16-24)28-21-17-26(18-22-28)14-13-25-11-9-23(7-4-2)10-12-25/h15-23,25H,3-14H2,1-2H3. The summed E-state index contributed by atoms with van der Waals surface area (Å²) in [5.41, 5.74) is 5.68. The van der Waals surface area contributed by atoms with E-state index >= 15 is 0 Å². The van der Waals surface area contributed by atoms with Crippen molar-refractivity contribution in [3.05, 3.63) is 59.7 Å². The molecule has 1 aliphatic rings. The maximum absolute atomic E-state index is 2.35. The predicted octanol–water partition coefficient (Wildman–Crippen LogP) is 8.63. The molecule has 1 fully saturated rings. The van der Waals surface area contributed by atoms with Gasteiger partial charge in [-0.05, 0) is 59.8 Å². The van der Waals surface area contributed by atoms with Gasteiger partial charge in [0.25, 0.3) is 0 Å². The van der Waals surface area contributed by atoms with Crippen molar-refractivity contribution in [2.45, 2.75) is 90.9 Å². The lowest BCUT2D eigenvalue weighted by Gasteiger charge is -2.28. The molecule has 0 aliphatic heterocycles. The Labute approximate surface area is 173 Å². The normalized spacial score (nSPS) is 19.6. The van der Waals surface area contributed by atoms with E-state index in [4.69, 9.17) is 0 Å². The lowest BCUT2D eigenvalue weighted by atomic mass is 9.78. The van der Waals surface area contributed by atoms with Crippen LogP contribution in [0.5, 0.6) is 0 Å². The Morgan fingerprint density at radius 1 is 0.571 bits per heavy atom. The average Bonchev–Trinajstić information content (AvgIpc) is 2.75. The topological polar surface area (TPSA) is 0 Å². The van der Waals surface area contributed by atoms with Gasteiger partial charge >= 0.3 is 0 Å². The Balaban J connectivity index is 1.46. The molecule has 3 rings (SSSR count). The lowest BCUT2D eigenvalue weighted by Crippen LogP contribution is -2.15. The summed E-state index contributed by atoms with van der Waals surface area (Å²) in [4.78, 5) is 0. The first-order valence-electron chi connectivity index (χ1n) is 12.0. The maximum Gasteiger partial charge on any atom is -0.0184 e. The quantitative estimate of drug-likeness (QED) is 0.364. The molecule has 0 aromatic heterocycles. The number of hydrogen-bond acceptors (Lipinski definition) is 0. The Hall–Kier alpha value is -1.56. The van der Waals surface area contributed by atoms with Crippen molar-refractivity contribution in [3.8, 4) is 11.1 Å². The molecule has 0 heterocycles. The van der Waals surface area contributed by atoms with Gasteiger partial charge in [-0.25, -0.2) is 0 Å². The summed E-state index contributed by atoms with van der Waals surface area (Å²) in [5.74, 6) is 1.99. The minimum absolute atomic E-state index is 0.966. The fourth-order valence-corrected chi connectivity index (χ4v) is 4.89. The van der Waals surface area contributed by atoms with Crippen LogP contribution in [0.15, 0.2) is 48.5 Å². The molecule has 0 N–H and O–H groups in total. The van der Waals surface area contributed by atoms with E-state index in [9.17, 15) is 0 Å². The minimum Gasteiger partial charge on any atom is -0.0654 e. The molecule has 28 heavy (non-hydrogen) atoms. The zero-order valence-electron chi connectivity index (χ0n) is 18.3. The second-order valence-corrected chi connectivity index (χ2v) is 9.07. The third-order valence-electron chi connectivity index (χ3n) is 6.81. The monoisotopic (exact) mass is 376 g/mol. The number of unbranched alkanes of at least 4 members (excludes halogenated alkanes) is 2. The molecule has 0 amide bonds. The summed E-state index contributed by atoms with van der Waals surface area (Å²) >= 11 is 0. The largest absolute Gasteiger partial charge is 0.0654 e. The van der Waals surface area contributed by atoms with Crippen LogP contribution in [0, 0.1) is 11.8 Å². The molecule has 0 bridgehead atoms. The highest BCUT2D eigenvalue weighted by atomic mass is 14.3. The first-order valence-corrected chi connectivity index (χ1v) is 12.0. The molecule has 0 atom stereocenters. The van der Waals surface area contributed by atoms with Crippen LogP contribution in [0.4, 0.5) is 0 Å². The van der Waals surface area contributed by atoms with Crippen molar-refractivity contribution in [1.82, 2.24) is 0 Å². The summed E-state index contributed by atoms with van der Waals surface area (Å²) < 4.78 is 0. The third-order valence-corrected chi connectivity index (χ3v) is 6.81. The van der Waals surface area contributed by atoms with Gasteiger partial charge in [0.15, 0.2) is 0 Å². The molecule has 2 aromatic rings. The van der Waals surface area contributed by atoms with Crippen molar-refractivity contribution >= 4 is 0 Å². The highest BCUT2D eigenvalue weighted by molar-refractivity contribution is 5.63. The van der Waals surface area contributed by atoms with Gasteiger partial charge in [0.1, 0.15) is 0 Å². The maximum atomic E-state index is 2.35. The molecular formula is C28H40. The number of hydrogen-bond donors (Lipinski definition) is 0. The molecule has 0 heteroatoms. The zero-order valence-corrected chi connectivity index (χ0v) is 18.3. The van der Waals surface area contributed by atoms with E-state index in [0.29, 0.717) is 0 Å². The Morgan fingerprint density at radius 2 is 1.07 bits per heavy atom. The van der Waals surface area contributed by atoms with Gasteiger partial charge < -0.3 is 0 Å². The van der Waals surface area contributed by atoms with Gasteiger partial charge in [0.2, 0.25) is 0 Å². The van der Waals surface area contributed by atoms with E-state index in [1.54, 1.807) is 0 Å². The van der Waals surface area contributed by atoms with Crippen LogP contribution >= 0.6 is 0 Å². The highest BCUT2D eigenvalue weighted by Gasteiger charge is 2.20. The highest BCUT2D eigenvalue weighted by Crippen LogP contribution is 2.34. The Kier molecular flexibility index (Phi) is 8.65. The van der Waals surface area contributed by atoms with Crippen molar-refractivity contribution in [2.24, 2.45) is 11.8 Å². The lowest BCUT2D eigenvalue weighted by molar-refractivity contribution is 0.252. The second-order valence-electron chi connectivity index (χ2n) is 9.07. The summed E-state index contributed by atoms with van der Waals surface area (Å²) in [6.45, 7) is 4.60. The van der Waals surface area contributed by atoms with Crippen LogP contribution in [0.1, 0.15) is 89.2 Å². The van der Waals surface area contributed by atoms with E-state index in [-0.39, 0.29) is 0 Å². The van der Waals surface area contributed by atoms with E-state index in [1.165, 1.54) is 99.3 Å². The average molecular weight is 377 g/mol. The smallest absolute Gasteiger partial charge is 0.0184 e. The van der Waals surface area contributed by atoms with Crippen LogP contribution in [-0.2, 0) is 12.8 Å². The van der Waals surface area contributed by atoms with Crippen LogP contribution in [0.3, 0.4) is 0 Å². The number of benzene rings is 2. The van der Waals surface area contributed by atoms with Gasteiger partial charge in [-0.15, -0.1) is 0 Å². The van der Waals surface area contributed by atoms with Crippen LogP contribution in [0.25, 0.3) is 11.1 Å². The minimum atomic E-state index is 0.966. The van der Waals surface area contributed by atoms with Gasteiger partial charge in [0, 0.05) is 0 Å². The van der Waals surface area contributed by atoms with Crippen LogP contribution < -0.4 is 0 Å². The summed E-state index contributed by atoms with van der Waals surface area (Å²) in [5, 5.41) is 0. The van der Waals surface area contributed by atoms with Crippen molar-refractivity contribution in [2.75, 3.05) is 0 Å². The molecule has 152 valence electrons. The molecule has 2 aromatic carbocycles. The molecule has 0 nitrogen and oxygen atoms in total. The molecule has 0 unspecified atom stereocenters. The van der Waals surface area contributed by atoms with Crippen LogP contribution in [-0.4, -0.2) is 0 Å². The van der Waals surface area contributed by atoms with Crippen molar-refractivity contribution < 1.29 is 0 Å². The molecular weight excluding hydrogens is 336 g/mol. The zero-order chi connectivity index (χ0) is 19.6. The van der Waals surface area contributed by atoms with Gasteiger partial charge in [-0.2, -0.15) is 0 Å². The fraction of sp³-hybridized carbons (Fsp3) is 0.571. The van der Waals surface area contributed by atoms with E-state index in [0.717, 1.165) is 11.8 Å². The summed E-state index contributed by atoms with van der Waals surface area (Å²) in [6, 6.07) is 18.6. The second kappa shape index (κ2) is 11.4. The third kappa shape index (κ3) is 6.50. The van der Waals surface area contributed by atoms with Gasteiger partial charge in [-0.1, -0.05) is 114 Å². The van der Waals surface area contributed by atoms with Crippen molar-refractivity contribution in [1.29, 1.82) is 0 Å². The summed E-state index contributed by atoms with van der Waals surface area (Å²) in [6.07, 6.45) is 16.5. The number of rotatable bonds is 10. The van der Waals surface area contributed by atoms with E-state index in [1.807, 2.05) is 0 Å². The molecule has 0 spiro atoms. The first kappa shape index (κ1) is 21.2. The fourth-order valence-electron chi connectivity index (χ4n) is 4.89. The SMILES string of the molecule is CCCCCc1ccc(-c2ccc(CCC3CCC(CCC)CC3)cc2)cc1. The first-order chi connectivity index (χ1) is 13.8. The van der Waals surface area contributed by atoms with Gasteiger partial charge in [-0.3, -0.25) is 0 Å². The molecule has 0 radical (unpaired) electrons. The van der Waals surface area contributed by atoms with Gasteiger partial charge in [0.05, 0.1) is 0 Å². The van der Waals surface area contributed by atoms with E-state index in [2.05, 4.69) is 62.4 Å². The number of aryl methyl sites for hydroxylation is 2. The Morgan fingerprint density at radius 3 is 1.57 bits per heavy atom. The van der Waals surface area contributed by atoms with E-state index < -0.39 is 0 Å². The molecule has 1 saturated carbocycles. The Bertz CT molecular complexity index is 656.